The van der Waals surface area contributed by atoms with Crippen molar-refractivity contribution < 1.29 is 13.9 Å². The number of carbonyl (C=O) groups excluding carboxylic acids is 1. The molecule has 5 nitrogen and oxygen atoms in total. The minimum absolute atomic E-state index is 0.140. The molecule has 0 fully saturated rings. The van der Waals surface area contributed by atoms with E-state index in [1.54, 1.807) is 12.5 Å². The molecule has 0 unspecified atom stereocenters. The lowest BCUT2D eigenvalue weighted by atomic mass is 10.0. The number of fused-ring (bicyclic) bond motifs is 3. The fourth-order valence-corrected chi connectivity index (χ4v) is 3.87. The van der Waals surface area contributed by atoms with Crippen molar-refractivity contribution in [3.8, 4) is 0 Å². The Labute approximate surface area is 185 Å². The number of rotatable bonds is 7. The summed E-state index contributed by atoms with van der Waals surface area (Å²) in [6, 6.07) is 25.6. The third-order valence-corrected chi connectivity index (χ3v) is 5.40. The minimum Gasteiger partial charge on any atom is -0.467 e. The van der Waals surface area contributed by atoms with Crippen molar-refractivity contribution in [3.05, 3.63) is 114 Å². The molecule has 0 saturated carbocycles. The number of amides is 1. The number of nitrogens with one attached hydrogen (secondary N) is 1. The fraction of sp³-hybridized carbons (Fsp3) is 0.111. The lowest BCUT2D eigenvalue weighted by Crippen LogP contribution is -2.23. The van der Waals surface area contributed by atoms with E-state index in [4.69, 9.17) is 9.15 Å². The lowest BCUT2D eigenvalue weighted by Gasteiger charge is -2.11. The highest BCUT2D eigenvalue weighted by Crippen LogP contribution is 2.27. The number of nitrogens with zero attached hydrogens (tertiary/aromatic N) is 1. The van der Waals surface area contributed by atoms with E-state index in [1.165, 1.54) is 0 Å². The third-order valence-electron chi connectivity index (χ3n) is 5.40. The second-order valence-electron chi connectivity index (χ2n) is 7.62. The average Bonchev–Trinajstić information content (AvgIpc) is 3.36. The molecule has 1 amide bonds. The van der Waals surface area contributed by atoms with Gasteiger partial charge in [-0.15, -0.1) is 0 Å². The molecule has 0 aliphatic carbocycles. The van der Waals surface area contributed by atoms with E-state index in [1.807, 2.05) is 72.8 Å². The Balaban J connectivity index is 1.30. The molecule has 0 bridgehead atoms. The maximum absolute atomic E-state index is 13.1. The Morgan fingerprint density at radius 1 is 0.875 bits per heavy atom. The number of pyridine rings is 1. The van der Waals surface area contributed by atoms with Crippen LogP contribution in [0.25, 0.3) is 21.7 Å². The fourth-order valence-electron chi connectivity index (χ4n) is 3.87. The molecule has 0 spiro atoms. The van der Waals surface area contributed by atoms with Gasteiger partial charge in [0.05, 0.1) is 24.0 Å². The summed E-state index contributed by atoms with van der Waals surface area (Å²) in [5.74, 6) is 0.656. The van der Waals surface area contributed by atoms with Crippen molar-refractivity contribution >= 4 is 27.6 Å². The molecule has 158 valence electrons. The van der Waals surface area contributed by atoms with Gasteiger partial charge in [0, 0.05) is 18.1 Å². The second-order valence-corrected chi connectivity index (χ2v) is 7.62. The highest BCUT2D eigenvalue weighted by atomic mass is 16.5. The summed E-state index contributed by atoms with van der Waals surface area (Å²) in [6.07, 6.45) is 3.36. The number of carbonyl (C=O) groups is 1. The van der Waals surface area contributed by atoms with Crippen LogP contribution in [0.2, 0.25) is 0 Å². The molecular formula is C27H22N2O3. The molecule has 2 aromatic heterocycles. The van der Waals surface area contributed by atoms with Crippen LogP contribution in [0, 0.1) is 0 Å². The monoisotopic (exact) mass is 422 g/mol. The summed E-state index contributed by atoms with van der Waals surface area (Å²) in [7, 11) is 0. The van der Waals surface area contributed by atoms with Gasteiger partial charge in [-0.05, 0) is 46.2 Å². The first-order chi connectivity index (χ1) is 15.8. The second kappa shape index (κ2) is 9.04. The highest BCUT2D eigenvalue weighted by Gasteiger charge is 2.14. The highest BCUT2D eigenvalue weighted by molar-refractivity contribution is 6.15. The number of furan rings is 1. The number of hydrogen-bond donors (Lipinski definition) is 1. The Kier molecular flexibility index (Phi) is 5.64. The van der Waals surface area contributed by atoms with Crippen molar-refractivity contribution in [3.63, 3.8) is 0 Å². The first-order valence-corrected chi connectivity index (χ1v) is 10.5. The zero-order valence-corrected chi connectivity index (χ0v) is 17.5. The van der Waals surface area contributed by atoms with Crippen LogP contribution in [0.3, 0.4) is 0 Å². The van der Waals surface area contributed by atoms with Gasteiger partial charge in [-0.2, -0.15) is 0 Å². The summed E-state index contributed by atoms with van der Waals surface area (Å²) in [5, 5.41) is 6.14. The van der Waals surface area contributed by atoms with Crippen molar-refractivity contribution in [2.45, 2.75) is 19.8 Å². The van der Waals surface area contributed by atoms with Crippen LogP contribution in [0.4, 0.5) is 0 Å². The molecule has 5 aromatic rings. The molecule has 3 aromatic carbocycles. The number of hydrogen-bond acceptors (Lipinski definition) is 4. The Morgan fingerprint density at radius 3 is 2.66 bits per heavy atom. The van der Waals surface area contributed by atoms with Gasteiger partial charge in [-0.25, -0.2) is 0 Å². The van der Waals surface area contributed by atoms with Crippen LogP contribution in [-0.2, 0) is 24.5 Å². The SMILES string of the molecule is O=C(NCc1cccc(COCc2ccco2)c1)c1cc2ccccc2c2cccnc12. The topological polar surface area (TPSA) is 64.4 Å². The smallest absolute Gasteiger partial charge is 0.253 e. The van der Waals surface area contributed by atoms with Crippen LogP contribution in [0.15, 0.2) is 95.7 Å². The Morgan fingerprint density at radius 2 is 1.75 bits per heavy atom. The third kappa shape index (κ3) is 4.24. The molecule has 1 N–H and O–H groups in total. The average molecular weight is 422 g/mol. The van der Waals surface area contributed by atoms with Gasteiger partial charge in [0.2, 0.25) is 0 Å². The van der Waals surface area contributed by atoms with E-state index in [0.29, 0.717) is 30.8 Å². The van der Waals surface area contributed by atoms with E-state index in [-0.39, 0.29) is 5.91 Å². The zero-order valence-electron chi connectivity index (χ0n) is 17.5. The summed E-state index contributed by atoms with van der Waals surface area (Å²) in [5.41, 5.74) is 3.35. The standard InChI is InChI=1S/C27H22N2O3/c30-27(25-15-21-8-1-2-10-23(21)24-11-4-12-28-26(24)25)29-16-19-6-3-7-20(14-19)17-31-18-22-9-5-13-32-22/h1-15H,16-18H2,(H,29,30). The van der Waals surface area contributed by atoms with Crippen LogP contribution in [-0.4, -0.2) is 10.9 Å². The van der Waals surface area contributed by atoms with Gasteiger partial charge in [0.1, 0.15) is 12.4 Å². The lowest BCUT2D eigenvalue weighted by molar-refractivity contribution is 0.0928. The van der Waals surface area contributed by atoms with Crippen LogP contribution < -0.4 is 5.32 Å². The van der Waals surface area contributed by atoms with Gasteiger partial charge in [-0.3, -0.25) is 9.78 Å². The molecule has 5 heteroatoms. The van der Waals surface area contributed by atoms with Crippen LogP contribution in [0.5, 0.6) is 0 Å². The molecular weight excluding hydrogens is 400 g/mol. The summed E-state index contributed by atoms with van der Waals surface area (Å²) < 4.78 is 11.0. The predicted molar refractivity (Wildman–Crippen MR) is 124 cm³/mol. The minimum atomic E-state index is -0.140. The maximum Gasteiger partial charge on any atom is 0.253 e. The van der Waals surface area contributed by atoms with Crippen LogP contribution in [0.1, 0.15) is 27.2 Å². The number of benzene rings is 3. The summed E-state index contributed by atoms with van der Waals surface area (Å²) >= 11 is 0. The summed E-state index contributed by atoms with van der Waals surface area (Å²) in [4.78, 5) is 17.6. The van der Waals surface area contributed by atoms with Gasteiger partial charge in [-0.1, -0.05) is 54.6 Å². The zero-order chi connectivity index (χ0) is 21.8. The first kappa shape index (κ1) is 20.0. The van der Waals surface area contributed by atoms with Gasteiger partial charge >= 0.3 is 0 Å². The van der Waals surface area contributed by atoms with E-state index < -0.39 is 0 Å². The number of aromatic nitrogens is 1. The van der Waals surface area contributed by atoms with E-state index in [0.717, 1.165) is 33.0 Å². The quantitative estimate of drug-likeness (QED) is 0.345. The predicted octanol–water partition coefficient (Wildman–Crippen LogP) is 5.63. The molecule has 0 aliphatic rings. The van der Waals surface area contributed by atoms with Crippen molar-refractivity contribution in [2.75, 3.05) is 0 Å². The van der Waals surface area contributed by atoms with Crippen molar-refractivity contribution in [1.29, 1.82) is 0 Å². The molecule has 0 radical (unpaired) electrons. The molecule has 0 atom stereocenters. The summed E-state index contributed by atoms with van der Waals surface area (Å²) in [6.45, 7) is 1.32. The normalized spacial score (nSPS) is 11.1. The van der Waals surface area contributed by atoms with E-state index >= 15 is 0 Å². The first-order valence-electron chi connectivity index (χ1n) is 10.5. The molecule has 2 heterocycles. The number of ether oxygens (including phenoxy) is 1. The van der Waals surface area contributed by atoms with Gasteiger partial charge in [0.15, 0.2) is 0 Å². The molecule has 0 aliphatic heterocycles. The largest absolute Gasteiger partial charge is 0.467 e. The van der Waals surface area contributed by atoms with E-state index in [9.17, 15) is 4.79 Å². The Bertz CT molecular complexity index is 1380. The molecule has 32 heavy (non-hydrogen) atoms. The molecule has 5 rings (SSSR count). The van der Waals surface area contributed by atoms with Gasteiger partial charge < -0.3 is 14.5 Å². The van der Waals surface area contributed by atoms with E-state index in [2.05, 4.69) is 16.4 Å². The maximum atomic E-state index is 13.1. The molecule has 0 saturated heterocycles. The van der Waals surface area contributed by atoms with Crippen LogP contribution >= 0.6 is 0 Å². The Hall–Kier alpha value is -3.96. The van der Waals surface area contributed by atoms with Crippen molar-refractivity contribution in [1.82, 2.24) is 10.3 Å². The van der Waals surface area contributed by atoms with Gasteiger partial charge in [0.25, 0.3) is 5.91 Å². The van der Waals surface area contributed by atoms with Crippen molar-refractivity contribution in [2.24, 2.45) is 0 Å².